The fraction of sp³-hybridized carbons (Fsp3) is 0.750. The number of aliphatic hydroxyl groups excluding tert-OH is 1. The smallest absolute Gasteiger partial charge is 0.0571 e. The summed E-state index contributed by atoms with van der Waals surface area (Å²) < 4.78 is 0. The molecule has 0 bridgehead atoms. The molecule has 58 valence electrons. The second-order valence-electron chi connectivity index (χ2n) is 2.86. The summed E-state index contributed by atoms with van der Waals surface area (Å²) in [4.78, 5) is 0. The van der Waals surface area contributed by atoms with Crippen molar-refractivity contribution in [2.24, 2.45) is 5.92 Å². The Morgan fingerprint density at radius 3 is 2.80 bits per heavy atom. The lowest BCUT2D eigenvalue weighted by atomic mass is 10.0. The number of hydrogen-bond donors (Lipinski definition) is 1. The van der Waals surface area contributed by atoms with E-state index in [0.29, 0.717) is 5.92 Å². The van der Waals surface area contributed by atoms with Crippen LogP contribution in [-0.4, -0.2) is 11.2 Å². The van der Waals surface area contributed by atoms with Gasteiger partial charge in [-0.1, -0.05) is 24.1 Å². The minimum atomic E-state index is -0.0760. The molecule has 0 saturated heterocycles. The first-order chi connectivity index (χ1) is 4.84. The van der Waals surface area contributed by atoms with E-state index in [9.17, 15) is 5.11 Å². The highest BCUT2D eigenvalue weighted by molar-refractivity contribution is 6.25. The van der Waals surface area contributed by atoms with Crippen molar-refractivity contribution in [3.05, 3.63) is 11.6 Å². The van der Waals surface area contributed by atoms with Crippen molar-refractivity contribution in [2.75, 3.05) is 0 Å². The number of halogens is 1. The minimum Gasteiger partial charge on any atom is -0.393 e. The quantitative estimate of drug-likeness (QED) is 0.657. The second kappa shape index (κ2) is 3.99. The van der Waals surface area contributed by atoms with E-state index < -0.39 is 0 Å². The Balaban J connectivity index is 2.26. The van der Waals surface area contributed by atoms with Gasteiger partial charge in [-0.05, 0) is 25.2 Å². The number of hydrogen-bond acceptors (Lipinski definition) is 1. The van der Waals surface area contributed by atoms with Crippen molar-refractivity contribution >= 4 is 11.6 Å². The van der Waals surface area contributed by atoms with Crippen LogP contribution in [-0.2, 0) is 0 Å². The van der Waals surface area contributed by atoms with Crippen LogP contribution in [0.1, 0.15) is 25.7 Å². The summed E-state index contributed by atoms with van der Waals surface area (Å²) in [7, 11) is 0. The fourth-order valence-electron chi connectivity index (χ4n) is 1.52. The molecule has 1 N–H and O–H groups in total. The molecule has 1 rings (SSSR count). The Labute approximate surface area is 66.7 Å². The first kappa shape index (κ1) is 8.09. The molecule has 0 aliphatic heterocycles. The average Bonchev–Trinajstić information content (AvgIpc) is 2.31. The molecular weight excluding hydrogens is 148 g/mol. The lowest BCUT2D eigenvalue weighted by Gasteiger charge is -2.10. The van der Waals surface area contributed by atoms with E-state index >= 15 is 0 Å². The molecule has 0 amide bonds. The molecule has 2 atom stereocenters. The van der Waals surface area contributed by atoms with Crippen LogP contribution in [0.3, 0.4) is 0 Å². The Bertz CT molecular complexity index is 122. The molecule has 2 heteroatoms. The third kappa shape index (κ3) is 1.99. The van der Waals surface area contributed by atoms with E-state index in [1.54, 1.807) is 0 Å². The van der Waals surface area contributed by atoms with Gasteiger partial charge in [0.05, 0.1) is 6.10 Å². The fourth-order valence-corrected chi connectivity index (χ4v) is 1.62. The molecule has 1 fully saturated rings. The van der Waals surface area contributed by atoms with Crippen molar-refractivity contribution in [2.45, 2.75) is 31.8 Å². The topological polar surface area (TPSA) is 20.2 Å². The van der Waals surface area contributed by atoms with Gasteiger partial charge in [0.1, 0.15) is 0 Å². The SMILES string of the molecule is OC1CCCC1C/C=C/Cl. The van der Waals surface area contributed by atoms with Crippen LogP contribution in [0, 0.1) is 5.92 Å². The van der Waals surface area contributed by atoms with Crippen molar-refractivity contribution in [3.63, 3.8) is 0 Å². The van der Waals surface area contributed by atoms with Gasteiger partial charge in [-0.15, -0.1) is 0 Å². The summed E-state index contributed by atoms with van der Waals surface area (Å²) in [5.41, 5.74) is 1.53. The van der Waals surface area contributed by atoms with Gasteiger partial charge in [0.2, 0.25) is 0 Å². The van der Waals surface area contributed by atoms with Crippen LogP contribution in [0.5, 0.6) is 0 Å². The predicted molar refractivity (Wildman–Crippen MR) is 43.0 cm³/mol. The van der Waals surface area contributed by atoms with Crippen LogP contribution < -0.4 is 0 Å². The summed E-state index contributed by atoms with van der Waals surface area (Å²) in [5, 5.41) is 9.34. The van der Waals surface area contributed by atoms with Crippen LogP contribution in [0.25, 0.3) is 0 Å². The summed E-state index contributed by atoms with van der Waals surface area (Å²) in [6.45, 7) is 0. The molecule has 0 aromatic rings. The first-order valence-corrected chi connectivity index (χ1v) is 4.21. The normalized spacial score (nSPS) is 33.8. The zero-order chi connectivity index (χ0) is 7.40. The summed E-state index contributed by atoms with van der Waals surface area (Å²) in [6, 6.07) is 0. The molecule has 2 unspecified atom stereocenters. The first-order valence-electron chi connectivity index (χ1n) is 3.78. The number of rotatable bonds is 2. The van der Waals surface area contributed by atoms with Gasteiger partial charge in [0, 0.05) is 5.54 Å². The largest absolute Gasteiger partial charge is 0.393 e. The van der Waals surface area contributed by atoms with Crippen LogP contribution in [0.2, 0.25) is 0 Å². The zero-order valence-electron chi connectivity index (χ0n) is 5.96. The van der Waals surface area contributed by atoms with Crippen LogP contribution in [0.15, 0.2) is 11.6 Å². The molecular formula is C8H13ClO. The van der Waals surface area contributed by atoms with E-state index in [-0.39, 0.29) is 6.10 Å². The average molecular weight is 161 g/mol. The zero-order valence-corrected chi connectivity index (χ0v) is 6.72. The number of allylic oxidation sites excluding steroid dienone is 1. The third-order valence-electron chi connectivity index (χ3n) is 2.15. The van der Waals surface area contributed by atoms with Gasteiger partial charge in [-0.2, -0.15) is 0 Å². The van der Waals surface area contributed by atoms with E-state index in [0.717, 1.165) is 19.3 Å². The maximum absolute atomic E-state index is 9.34. The molecule has 0 spiro atoms. The lowest BCUT2D eigenvalue weighted by molar-refractivity contribution is 0.134. The third-order valence-corrected chi connectivity index (χ3v) is 2.33. The summed E-state index contributed by atoms with van der Waals surface area (Å²) in [6.07, 6.45) is 6.07. The van der Waals surface area contributed by atoms with E-state index in [1.165, 1.54) is 12.0 Å². The van der Waals surface area contributed by atoms with Crippen LogP contribution >= 0.6 is 11.6 Å². The van der Waals surface area contributed by atoms with Gasteiger partial charge in [-0.25, -0.2) is 0 Å². The maximum atomic E-state index is 9.34. The van der Waals surface area contributed by atoms with Crippen molar-refractivity contribution in [1.29, 1.82) is 0 Å². The second-order valence-corrected chi connectivity index (χ2v) is 3.11. The highest BCUT2D eigenvalue weighted by atomic mass is 35.5. The van der Waals surface area contributed by atoms with E-state index in [4.69, 9.17) is 11.6 Å². The van der Waals surface area contributed by atoms with Gasteiger partial charge in [0.15, 0.2) is 0 Å². The standard InChI is InChI=1S/C8H13ClO/c9-6-2-4-7-3-1-5-8(7)10/h2,6-8,10H,1,3-5H2/b6-2+. The van der Waals surface area contributed by atoms with Gasteiger partial charge >= 0.3 is 0 Å². The van der Waals surface area contributed by atoms with Crippen molar-refractivity contribution in [3.8, 4) is 0 Å². The molecule has 1 saturated carbocycles. The predicted octanol–water partition coefficient (Wildman–Crippen LogP) is 2.29. The van der Waals surface area contributed by atoms with E-state index in [2.05, 4.69) is 0 Å². The van der Waals surface area contributed by atoms with Gasteiger partial charge in [-0.3, -0.25) is 0 Å². The van der Waals surface area contributed by atoms with Gasteiger partial charge in [0.25, 0.3) is 0 Å². The van der Waals surface area contributed by atoms with Crippen LogP contribution in [0.4, 0.5) is 0 Å². The summed E-state index contributed by atoms with van der Waals surface area (Å²) >= 11 is 5.37. The molecule has 0 aromatic carbocycles. The molecule has 10 heavy (non-hydrogen) atoms. The Morgan fingerprint density at radius 1 is 1.50 bits per heavy atom. The molecule has 1 aliphatic rings. The van der Waals surface area contributed by atoms with E-state index in [1.807, 2.05) is 6.08 Å². The minimum absolute atomic E-state index is 0.0760. The Morgan fingerprint density at radius 2 is 2.30 bits per heavy atom. The Kier molecular flexibility index (Phi) is 3.23. The molecule has 1 aliphatic carbocycles. The Hall–Kier alpha value is -0.0100. The monoisotopic (exact) mass is 160 g/mol. The molecule has 1 nitrogen and oxygen atoms in total. The molecule has 0 radical (unpaired) electrons. The van der Waals surface area contributed by atoms with Crippen molar-refractivity contribution in [1.82, 2.24) is 0 Å². The highest BCUT2D eigenvalue weighted by Gasteiger charge is 2.23. The van der Waals surface area contributed by atoms with Gasteiger partial charge < -0.3 is 5.11 Å². The maximum Gasteiger partial charge on any atom is 0.0571 e. The highest BCUT2D eigenvalue weighted by Crippen LogP contribution is 2.28. The molecule has 0 aromatic heterocycles. The molecule has 0 heterocycles. The van der Waals surface area contributed by atoms with Crippen molar-refractivity contribution < 1.29 is 5.11 Å². The lowest BCUT2D eigenvalue weighted by Crippen LogP contribution is -2.11. The number of aliphatic hydroxyl groups is 1. The summed E-state index contributed by atoms with van der Waals surface area (Å²) in [5.74, 6) is 0.468.